The molecule has 0 atom stereocenters. The van der Waals surface area contributed by atoms with Crippen LogP contribution >= 0.6 is 0 Å². The number of amides is 1. The summed E-state index contributed by atoms with van der Waals surface area (Å²) in [5.74, 6) is -1.51. The third-order valence-corrected chi connectivity index (χ3v) is 2.11. The van der Waals surface area contributed by atoms with Crippen LogP contribution in [0.15, 0.2) is 24.3 Å². The van der Waals surface area contributed by atoms with E-state index in [2.05, 4.69) is 0 Å². The van der Waals surface area contributed by atoms with Crippen molar-refractivity contribution in [2.24, 2.45) is 5.73 Å². The van der Waals surface area contributed by atoms with Gasteiger partial charge in [0, 0.05) is 6.42 Å². The Kier molecular flexibility index (Phi) is 4.39. The van der Waals surface area contributed by atoms with Crippen molar-refractivity contribution < 1.29 is 19.1 Å². The van der Waals surface area contributed by atoms with E-state index in [1.165, 1.54) is 12.1 Å². The van der Waals surface area contributed by atoms with Crippen molar-refractivity contribution in [2.75, 3.05) is 0 Å². The smallest absolute Gasteiger partial charge is 0.318 e. The first kappa shape index (κ1) is 12.9. The maximum absolute atomic E-state index is 11.4. The fourth-order valence-corrected chi connectivity index (χ4v) is 1.20. The van der Waals surface area contributed by atoms with E-state index >= 15 is 0 Å². The van der Waals surface area contributed by atoms with Gasteiger partial charge >= 0.3 is 5.97 Å². The Morgan fingerprint density at radius 2 is 1.88 bits per heavy atom. The summed E-state index contributed by atoms with van der Waals surface area (Å²) in [6, 6.07) is 6.12. The molecule has 0 aliphatic heterocycles. The summed E-state index contributed by atoms with van der Waals surface area (Å²) >= 11 is 0. The number of hydrogen-bond donors (Lipinski definition) is 1. The molecule has 0 aliphatic carbocycles. The summed E-state index contributed by atoms with van der Waals surface area (Å²) in [5.41, 5.74) is 5.24. The molecule has 2 N–H and O–H groups in total. The second kappa shape index (κ2) is 5.79. The van der Waals surface area contributed by atoms with Gasteiger partial charge in [0.1, 0.15) is 18.0 Å². The molecule has 5 heteroatoms. The first-order chi connectivity index (χ1) is 8.04. The molecule has 0 spiro atoms. The molecule has 0 unspecified atom stereocenters. The van der Waals surface area contributed by atoms with Crippen molar-refractivity contribution in [3.05, 3.63) is 29.8 Å². The van der Waals surface area contributed by atoms with Gasteiger partial charge in [0.2, 0.25) is 0 Å². The van der Waals surface area contributed by atoms with Crippen molar-refractivity contribution in [2.45, 2.75) is 19.8 Å². The zero-order valence-electron chi connectivity index (χ0n) is 9.43. The number of benzene rings is 1. The predicted octanol–water partition coefficient (Wildman–Crippen LogP) is 1.06. The van der Waals surface area contributed by atoms with Crippen molar-refractivity contribution in [3.63, 3.8) is 0 Å². The summed E-state index contributed by atoms with van der Waals surface area (Å²) in [6.07, 6.45) is -0.0316. The average molecular weight is 235 g/mol. The highest BCUT2D eigenvalue weighted by Gasteiger charge is 2.14. The number of esters is 1. The van der Waals surface area contributed by atoms with Crippen molar-refractivity contribution in [3.8, 4) is 5.75 Å². The molecule has 0 aliphatic rings. The molecule has 17 heavy (non-hydrogen) atoms. The van der Waals surface area contributed by atoms with Gasteiger partial charge in [0.05, 0.1) is 5.56 Å². The molecule has 1 aromatic rings. The molecule has 90 valence electrons. The van der Waals surface area contributed by atoms with Crippen LogP contribution in [0.4, 0.5) is 0 Å². The number of nitrogens with two attached hydrogens (primary N) is 1. The quantitative estimate of drug-likeness (QED) is 0.469. The van der Waals surface area contributed by atoms with E-state index in [0.717, 1.165) is 0 Å². The van der Waals surface area contributed by atoms with Crippen LogP contribution in [0.3, 0.4) is 0 Å². The van der Waals surface area contributed by atoms with E-state index in [4.69, 9.17) is 10.5 Å². The minimum atomic E-state index is -0.689. The second-order valence-corrected chi connectivity index (χ2v) is 3.40. The van der Waals surface area contributed by atoms with Gasteiger partial charge in [-0.1, -0.05) is 19.1 Å². The lowest BCUT2D eigenvalue weighted by molar-refractivity contribution is -0.137. The van der Waals surface area contributed by atoms with Crippen LogP contribution in [0, 0.1) is 0 Å². The maximum Gasteiger partial charge on any atom is 0.318 e. The summed E-state index contributed by atoms with van der Waals surface area (Å²) in [6.45, 7) is 1.66. The molecule has 5 nitrogen and oxygen atoms in total. The number of carbonyl (C=O) groups is 3. The zero-order chi connectivity index (χ0) is 12.8. The number of Topliss-reactive ketones (excluding diaryl/α,β-unsaturated/α-hetero) is 1. The molecule has 0 saturated carbocycles. The standard InChI is InChI=1S/C12H13NO4/c1-2-8(14)7-11(15)17-10-6-4-3-5-9(10)12(13)16/h3-6H,2,7H2,1H3,(H2,13,16). The lowest BCUT2D eigenvalue weighted by Gasteiger charge is -2.06. The Hall–Kier alpha value is -2.17. The molecule has 0 aromatic heterocycles. The molecule has 0 heterocycles. The Labute approximate surface area is 98.6 Å². The third-order valence-electron chi connectivity index (χ3n) is 2.11. The third kappa shape index (κ3) is 3.71. The molecular weight excluding hydrogens is 222 g/mol. The SMILES string of the molecule is CCC(=O)CC(=O)Oc1ccccc1C(N)=O. The first-order valence-corrected chi connectivity index (χ1v) is 5.15. The fraction of sp³-hybridized carbons (Fsp3) is 0.250. The Balaban J connectivity index is 2.78. The van der Waals surface area contributed by atoms with Crippen molar-refractivity contribution in [1.82, 2.24) is 0 Å². The average Bonchev–Trinajstić information content (AvgIpc) is 2.29. The van der Waals surface area contributed by atoms with E-state index < -0.39 is 11.9 Å². The number of hydrogen-bond acceptors (Lipinski definition) is 4. The molecule has 0 bridgehead atoms. The largest absolute Gasteiger partial charge is 0.425 e. The van der Waals surface area contributed by atoms with E-state index in [1.54, 1.807) is 19.1 Å². The van der Waals surface area contributed by atoms with Crippen LogP contribution in [-0.4, -0.2) is 17.7 Å². The summed E-state index contributed by atoms with van der Waals surface area (Å²) < 4.78 is 4.92. The van der Waals surface area contributed by atoms with Gasteiger partial charge in [-0.15, -0.1) is 0 Å². The fourth-order valence-electron chi connectivity index (χ4n) is 1.20. The summed E-state index contributed by atoms with van der Waals surface area (Å²) in [4.78, 5) is 33.4. The van der Waals surface area contributed by atoms with Gasteiger partial charge < -0.3 is 10.5 Å². The molecule has 0 radical (unpaired) electrons. The number of primary amides is 1. The lowest BCUT2D eigenvalue weighted by atomic mass is 10.2. The number of rotatable bonds is 5. The molecule has 0 saturated heterocycles. The van der Waals surface area contributed by atoms with E-state index in [0.29, 0.717) is 0 Å². The Morgan fingerprint density at radius 1 is 1.24 bits per heavy atom. The molecule has 1 aromatic carbocycles. The molecule has 0 fully saturated rings. The van der Waals surface area contributed by atoms with Crippen molar-refractivity contribution >= 4 is 17.7 Å². The highest BCUT2D eigenvalue weighted by molar-refractivity contribution is 5.99. The van der Waals surface area contributed by atoms with Gasteiger partial charge in [-0.25, -0.2) is 0 Å². The highest BCUT2D eigenvalue weighted by atomic mass is 16.5. The Bertz CT molecular complexity index is 454. The van der Waals surface area contributed by atoms with E-state index in [1.807, 2.05) is 0 Å². The van der Waals surface area contributed by atoms with Gasteiger partial charge in [-0.3, -0.25) is 14.4 Å². The summed E-state index contributed by atoms with van der Waals surface area (Å²) in [7, 11) is 0. The topological polar surface area (TPSA) is 86.5 Å². The van der Waals surface area contributed by atoms with Crippen LogP contribution in [0.2, 0.25) is 0 Å². The van der Waals surface area contributed by atoms with Crippen LogP contribution in [-0.2, 0) is 9.59 Å². The Morgan fingerprint density at radius 3 is 2.47 bits per heavy atom. The summed E-state index contributed by atoms with van der Waals surface area (Å²) in [5, 5.41) is 0. The highest BCUT2D eigenvalue weighted by Crippen LogP contribution is 2.17. The predicted molar refractivity (Wildman–Crippen MR) is 60.5 cm³/mol. The van der Waals surface area contributed by atoms with E-state index in [9.17, 15) is 14.4 Å². The van der Waals surface area contributed by atoms with Crippen LogP contribution in [0.5, 0.6) is 5.75 Å². The number of ether oxygens (including phenoxy) is 1. The van der Waals surface area contributed by atoms with Gasteiger partial charge in [-0.05, 0) is 12.1 Å². The zero-order valence-corrected chi connectivity index (χ0v) is 9.43. The number of para-hydroxylation sites is 1. The molecule has 1 rings (SSSR count). The van der Waals surface area contributed by atoms with Gasteiger partial charge in [0.25, 0.3) is 5.91 Å². The number of carbonyl (C=O) groups excluding carboxylic acids is 3. The van der Waals surface area contributed by atoms with Crippen LogP contribution in [0.25, 0.3) is 0 Å². The second-order valence-electron chi connectivity index (χ2n) is 3.40. The molecular formula is C12H13NO4. The van der Waals surface area contributed by atoms with Crippen LogP contribution in [0.1, 0.15) is 30.1 Å². The van der Waals surface area contributed by atoms with Crippen LogP contribution < -0.4 is 10.5 Å². The van der Waals surface area contributed by atoms with Gasteiger partial charge in [-0.2, -0.15) is 0 Å². The lowest BCUT2D eigenvalue weighted by Crippen LogP contribution is -2.17. The first-order valence-electron chi connectivity index (χ1n) is 5.15. The minimum Gasteiger partial charge on any atom is -0.425 e. The van der Waals surface area contributed by atoms with Crippen molar-refractivity contribution in [1.29, 1.82) is 0 Å². The maximum atomic E-state index is 11.4. The minimum absolute atomic E-state index is 0.0777. The monoisotopic (exact) mass is 235 g/mol. The molecule has 1 amide bonds. The van der Waals surface area contributed by atoms with Gasteiger partial charge in [0.15, 0.2) is 0 Å². The van der Waals surface area contributed by atoms with E-state index in [-0.39, 0.29) is 29.9 Å². The number of ketones is 1. The normalized spacial score (nSPS) is 9.71.